The minimum atomic E-state index is -3.69. The van der Waals surface area contributed by atoms with E-state index in [1.807, 2.05) is 19.1 Å². The zero-order chi connectivity index (χ0) is 14.6. The van der Waals surface area contributed by atoms with Gasteiger partial charge in [-0.25, -0.2) is 13.6 Å². The summed E-state index contributed by atoms with van der Waals surface area (Å²) in [5.74, 6) is 0. The van der Waals surface area contributed by atoms with Crippen molar-refractivity contribution in [1.82, 2.24) is 5.32 Å². The molecule has 1 aromatic carbocycles. The van der Waals surface area contributed by atoms with Gasteiger partial charge in [-0.3, -0.25) is 0 Å². The van der Waals surface area contributed by atoms with Crippen LogP contribution >= 0.6 is 0 Å². The van der Waals surface area contributed by atoms with Gasteiger partial charge in [0.05, 0.1) is 5.69 Å². The van der Waals surface area contributed by atoms with E-state index in [9.17, 15) is 8.42 Å². The number of primary sulfonamides is 1. The van der Waals surface area contributed by atoms with Crippen molar-refractivity contribution in [2.75, 3.05) is 24.5 Å². The van der Waals surface area contributed by atoms with Crippen LogP contribution in [0, 0.1) is 0 Å². The SMILES string of the molecule is CCN(CC1CCCCN1)c1ccccc1S(N)(=O)=O. The molecule has 0 aliphatic carbocycles. The predicted molar refractivity (Wildman–Crippen MR) is 81.3 cm³/mol. The van der Waals surface area contributed by atoms with Crippen molar-refractivity contribution >= 4 is 15.7 Å². The fraction of sp³-hybridized carbons (Fsp3) is 0.571. The maximum Gasteiger partial charge on any atom is 0.240 e. The Bertz CT molecular complexity index is 539. The topological polar surface area (TPSA) is 75.4 Å². The average Bonchev–Trinajstić information content (AvgIpc) is 2.45. The molecular formula is C14H23N3O2S. The molecule has 0 radical (unpaired) electrons. The summed E-state index contributed by atoms with van der Waals surface area (Å²) < 4.78 is 23.4. The Morgan fingerprint density at radius 1 is 1.35 bits per heavy atom. The van der Waals surface area contributed by atoms with Gasteiger partial charge in [0.1, 0.15) is 4.90 Å². The number of sulfonamides is 1. The zero-order valence-corrected chi connectivity index (χ0v) is 12.7. The van der Waals surface area contributed by atoms with E-state index in [4.69, 9.17) is 5.14 Å². The summed E-state index contributed by atoms with van der Waals surface area (Å²) in [7, 11) is -3.69. The van der Waals surface area contributed by atoms with Crippen LogP contribution in [0.25, 0.3) is 0 Å². The Morgan fingerprint density at radius 3 is 2.70 bits per heavy atom. The maximum absolute atomic E-state index is 11.7. The quantitative estimate of drug-likeness (QED) is 0.859. The van der Waals surface area contributed by atoms with E-state index in [0.717, 1.165) is 26.1 Å². The van der Waals surface area contributed by atoms with E-state index in [1.54, 1.807) is 12.1 Å². The highest BCUT2D eigenvalue weighted by Gasteiger charge is 2.21. The van der Waals surface area contributed by atoms with E-state index in [0.29, 0.717) is 11.7 Å². The second kappa shape index (κ2) is 6.56. The fourth-order valence-electron chi connectivity index (χ4n) is 2.70. The molecular weight excluding hydrogens is 274 g/mol. The van der Waals surface area contributed by atoms with Crippen molar-refractivity contribution in [3.63, 3.8) is 0 Å². The lowest BCUT2D eigenvalue weighted by atomic mass is 10.0. The molecule has 1 aromatic rings. The minimum Gasteiger partial charge on any atom is -0.369 e. The van der Waals surface area contributed by atoms with Gasteiger partial charge >= 0.3 is 0 Å². The van der Waals surface area contributed by atoms with Crippen LogP contribution in [-0.2, 0) is 10.0 Å². The summed E-state index contributed by atoms with van der Waals surface area (Å²) in [6.45, 7) is 4.63. The predicted octanol–water partition coefficient (Wildman–Crippen LogP) is 1.30. The van der Waals surface area contributed by atoms with E-state index < -0.39 is 10.0 Å². The smallest absolute Gasteiger partial charge is 0.240 e. The third-order valence-corrected chi connectivity index (χ3v) is 4.71. The molecule has 1 unspecified atom stereocenters. The van der Waals surface area contributed by atoms with Crippen molar-refractivity contribution in [3.05, 3.63) is 24.3 Å². The summed E-state index contributed by atoms with van der Waals surface area (Å²) in [6.07, 6.45) is 3.58. The molecule has 5 nitrogen and oxygen atoms in total. The molecule has 1 fully saturated rings. The Labute approximate surface area is 121 Å². The zero-order valence-electron chi connectivity index (χ0n) is 11.9. The summed E-state index contributed by atoms with van der Waals surface area (Å²) >= 11 is 0. The van der Waals surface area contributed by atoms with Gasteiger partial charge in [-0.2, -0.15) is 0 Å². The fourth-order valence-corrected chi connectivity index (χ4v) is 3.46. The Balaban J connectivity index is 2.23. The summed E-state index contributed by atoms with van der Waals surface area (Å²) in [5, 5.41) is 8.80. The first kappa shape index (κ1) is 15.3. The summed E-state index contributed by atoms with van der Waals surface area (Å²) in [5.41, 5.74) is 0.699. The van der Waals surface area contributed by atoms with Crippen molar-refractivity contribution in [2.45, 2.75) is 37.1 Å². The van der Waals surface area contributed by atoms with Crippen LogP contribution in [0.4, 0.5) is 5.69 Å². The van der Waals surface area contributed by atoms with E-state index in [-0.39, 0.29) is 4.90 Å². The number of rotatable bonds is 5. The Morgan fingerprint density at radius 2 is 2.10 bits per heavy atom. The third kappa shape index (κ3) is 3.71. The monoisotopic (exact) mass is 297 g/mol. The molecule has 20 heavy (non-hydrogen) atoms. The van der Waals surface area contributed by atoms with Gasteiger partial charge in [0.15, 0.2) is 0 Å². The number of nitrogens with two attached hydrogens (primary N) is 1. The van der Waals surface area contributed by atoms with Crippen molar-refractivity contribution in [1.29, 1.82) is 0 Å². The lowest BCUT2D eigenvalue weighted by Gasteiger charge is -2.32. The number of hydrogen-bond acceptors (Lipinski definition) is 4. The number of likely N-dealkylation sites (N-methyl/N-ethyl adjacent to an activating group) is 1. The lowest BCUT2D eigenvalue weighted by Crippen LogP contribution is -2.44. The van der Waals surface area contributed by atoms with Crippen molar-refractivity contribution in [2.24, 2.45) is 5.14 Å². The van der Waals surface area contributed by atoms with Gasteiger partial charge < -0.3 is 10.2 Å². The van der Waals surface area contributed by atoms with Gasteiger partial charge in [-0.15, -0.1) is 0 Å². The molecule has 1 saturated heterocycles. The highest BCUT2D eigenvalue weighted by atomic mass is 32.2. The van der Waals surface area contributed by atoms with Gasteiger partial charge in [-0.1, -0.05) is 18.6 Å². The molecule has 1 aliphatic heterocycles. The van der Waals surface area contributed by atoms with Gasteiger partial charge in [-0.05, 0) is 38.4 Å². The van der Waals surface area contributed by atoms with E-state index in [1.165, 1.54) is 12.8 Å². The standard InChI is InChI=1S/C14H23N3O2S/c1-2-17(11-12-7-5-6-10-16-12)13-8-3-4-9-14(13)20(15,18)19/h3-4,8-9,12,16H,2,5-7,10-11H2,1H3,(H2,15,18,19). The first-order valence-electron chi connectivity index (χ1n) is 7.12. The number of benzene rings is 1. The number of para-hydroxylation sites is 1. The van der Waals surface area contributed by atoms with E-state index >= 15 is 0 Å². The third-order valence-electron chi connectivity index (χ3n) is 3.75. The number of nitrogens with one attached hydrogen (secondary N) is 1. The maximum atomic E-state index is 11.7. The molecule has 112 valence electrons. The molecule has 0 amide bonds. The van der Waals surface area contributed by atoms with Crippen LogP contribution in [0.1, 0.15) is 26.2 Å². The molecule has 0 bridgehead atoms. The van der Waals surface area contributed by atoms with Crippen LogP contribution in [0.2, 0.25) is 0 Å². The number of anilines is 1. The molecule has 3 N–H and O–H groups in total. The number of hydrogen-bond donors (Lipinski definition) is 2. The second-order valence-corrected chi connectivity index (χ2v) is 6.73. The highest BCUT2D eigenvalue weighted by molar-refractivity contribution is 7.89. The highest BCUT2D eigenvalue weighted by Crippen LogP contribution is 2.24. The molecule has 0 aromatic heterocycles. The largest absolute Gasteiger partial charge is 0.369 e. The summed E-state index contributed by atoms with van der Waals surface area (Å²) in [4.78, 5) is 2.29. The Hall–Kier alpha value is -1.11. The van der Waals surface area contributed by atoms with Crippen molar-refractivity contribution < 1.29 is 8.42 Å². The normalized spacial score (nSPS) is 19.8. The number of piperidine rings is 1. The molecule has 0 saturated carbocycles. The first-order valence-corrected chi connectivity index (χ1v) is 8.67. The molecule has 1 aliphatic rings. The molecule has 0 spiro atoms. The molecule has 2 rings (SSSR count). The van der Waals surface area contributed by atoms with Crippen LogP contribution < -0.4 is 15.4 Å². The molecule has 1 atom stereocenters. The molecule has 1 heterocycles. The van der Waals surface area contributed by atoms with Crippen LogP contribution in [-0.4, -0.2) is 34.1 Å². The lowest BCUT2D eigenvalue weighted by molar-refractivity contribution is 0.400. The summed E-state index contributed by atoms with van der Waals surface area (Å²) in [6, 6.07) is 7.36. The van der Waals surface area contributed by atoms with Gasteiger partial charge in [0.2, 0.25) is 10.0 Å². The Kier molecular flexibility index (Phi) is 5.01. The van der Waals surface area contributed by atoms with Crippen LogP contribution in [0.5, 0.6) is 0 Å². The van der Waals surface area contributed by atoms with Gasteiger partial charge in [0, 0.05) is 19.1 Å². The number of nitrogens with zero attached hydrogens (tertiary/aromatic N) is 1. The molecule has 6 heteroatoms. The van der Waals surface area contributed by atoms with E-state index in [2.05, 4.69) is 10.2 Å². The second-order valence-electron chi connectivity index (χ2n) is 5.20. The van der Waals surface area contributed by atoms with Crippen molar-refractivity contribution in [3.8, 4) is 0 Å². The van der Waals surface area contributed by atoms with Crippen LogP contribution in [0.3, 0.4) is 0 Å². The van der Waals surface area contributed by atoms with Crippen LogP contribution in [0.15, 0.2) is 29.2 Å². The van der Waals surface area contributed by atoms with Gasteiger partial charge in [0.25, 0.3) is 0 Å². The first-order chi connectivity index (χ1) is 9.52. The average molecular weight is 297 g/mol. The minimum absolute atomic E-state index is 0.206.